The summed E-state index contributed by atoms with van der Waals surface area (Å²) in [6, 6.07) is 10.5. The summed E-state index contributed by atoms with van der Waals surface area (Å²) in [5.41, 5.74) is 1.16. The molecule has 1 N–H and O–H groups in total. The monoisotopic (exact) mass is 245 g/mol. The molecular formula is C16H23NO. The Balaban J connectivity index is 2.25. The second-order valence-corrected chi connectivity index (χ2v) is 5.50. The number of hydrogen-bond acceptors (Lipinski definition) is 2. The van der Waals surface area contributed by atoms with E-state index < -0.39 is 0 Å². The van der Waals surface area contributed by atoms with Gasteiger partial charge in [-0.25, -0.2) is 0 Å². The van der Waals surface area contributed by atoms with Crippen molar-refractivity contribution < 1.29 is 4.79 Å². The minimum Gasteiger partial charge on any atom is -0.313 e. The van der Waals surface area contributed by atoms with Crippen LogP contribution in [0.3, 0.4) is 0 Å². The number of benzene rings is 1. The number of carbonyl (C=O) groups is 1. The number of Topliss-reactive ketones (excluding diaryl/α,β-unsaturated/α-hetero) is 1. The second-order valence-electron chi connectivity index (χ2n) is 5.50. The van der Waals surface area contributed by atoms with Crippen molar-refractivity contribution in [1.82, 2.24) is 5.32 Å². The summed E-state index contributed by atoms with van der Waals surface area (Å²) in [7, 11) is 0. The summed E-state index contributed by atoms with van der Waals surface area (Å²) < 4.78 is 0. The summed E-state index contributed by atoms with van der Waals surface area (Å²) >= 11 is 0. The lowest BCUT2D eigenvalue weighted by molar-refractivity contribution is -0.124. The molecule has 1 saturated heterocycles. The van der Waals surface area contributed by atoms with Crippen molar-refractivity contribution in [2.24, 2.45) is 5.92 Å². The SMILES string of the molecule is CC(C)C(=O)C(c1ccccc1)C1CCCCN1. The van der Waals surface area contributed by atoms with Crippen LogP contribution in [0.25, 0.3) is 0 Å². The van der Waals surface area contributed by atoms with Crippen LogP contribution in [-0.2, 0) is 4.79 Å². The number of rotatable bonds is 4. The maximum atomic E-state index is 12.5. The molecule has 0 spiro atoms. The Morgan fingerprint density at radius 2 is 1.94 bits per heavy atom. The van der Waals surface area contributed by atoms with Gasteiger partial charge in [0.2, 0.25) is 0 Å². The number of nitrogens with one attached hydrogen (secondary N) is 1. The van der Waals surface area contributed by atoms with Gasteiger partial charge in [-0.2, -0.15) is 0 Å². The van der Waals surface area contributed by atoms with Gasteiger partial charge in [0.15, 0.2) is 0 Å². The highest BCUT2D eigenvalue weighted by molar-refractivity contribution is 5.88. The van der Waals surface area contributed by atoms with E-state index in [9.17, 15) is 4.79 Å². The lowest BCUT2D eigenvalue weighted by Gasteiger charge is -2.31. The van der Waals surface area contributed by atoms with E-state index >= 15 is 0 Å². The quantitative estimate of drug-likeness (QED) is 0.883. The minimum absolute atomic E-state index is 0.0199. The van der Waals surface area contributed by atoms with Gasteiger partial charge >= 0.3 is 0 Å². The van der Waals surface area contributed by atoms with Crippen LogP contribution in [0.5, 0.6) is 0 Å². The molecule has 0 saturated carbocycles. The van der Waals surface area contributed by atoms with E-state index in [2.05, 4.69) is 17.4 Å². The topological polar surface area (TPSA) is 29.1 Å². The lowest BCUT2D eigenvalue weighted by Crippen LogP contribution is -2.42. The Hall–Kier alpha value is -1.15. The van der Waals surface area contributed by atoms with Gasteiger partial charge in [-0.05, 0) is 24.9 Å². The fraction of sp³-hybridized carbons (Fsp3) is 0.562. The molecule has 0 radical (unpaired) electrons. The molecule has 2 nitrogen and oxygen atoms in total. The summed E-state index contributed by atoms with van der Waals surface area (Å²) in [6.45, 7) is 5.04. The van der Waals surface area contributed by atoms with E-state index in [1.807, 2.05) is 32.0 Å². The molecule has 1 aromatic carbocycles. The molecule has 98 valence electrons. The zero-order chi connectivity index (χ0) is 13.0. The average molecular weight is 245 g/mol. The first-order chi connectivity index (χ1) is 8.70. The van der Waals surface area contributed by atoms with Crippen molar-refractivity contribution in [2.75, 3.05) is 6.54 Å². The molecule has 0 aromatic heterocycles. The van der Waals surface area contributed by atoms with Crippen LogP contribution in [0.2, 0.25) is 0 Å². The molecule has 1 aromatic rings. The molecule has 2 unspecified atom stereocenters. The van der Waals surface area contributed by atoms with Gasteiger partial charge in [0, 0.05) is 12.0 Å². The Morgan fingerprint density at radius 3 is 2.50 bits per heavy atom. The van der Waals surface area contributed by atoms with Crippen molar-refractivity contribution in [1.29, 1.82) is 0 Å². The molecule has 1 fully saturated rings. The van der Waals surface area contributed by atoms with E-state index in [0.717, 1.165) is 18.5 Å². The van der Waals surface area contributed by atoms with Gasteiger partial charge in [0.25, 0.3) is 0 Å². The third-order valence-corrected chi connectivity index (χ3v) is 3.79. The third kappa shape index (κ3) is 2.99. The molecule has 1 heterocycles. The summed E-state index contributed by atoms with van der Waals surface area (Å²) in [4.78, 5) is 12.5. The van der Waals surface area contributed by atoms with Crippen molar-refractivity contribution in [3.05, 3.63) is 35.9 Å². The van der Waals surface area contributed by atoms with Crippen LogP contribution in [-0.4, -0.2) is 18.4 Å². The zero-order valence-corrected chi connectivity index (χ0v) is 11.4. The van der Waals surface area contributed by atoms with Crippen LogP contribution < -0.4 is 5.32 Å². The van der Waals surface area contributed by atoms with E-state index in [0.29, 0.717) is 11.8 Å². The van der Waals surface area contributed by atoms with Crippen molar-refractivity contribution in [3.8, 4) is 0 Å². The van der Waals surface area contributed by atoms with Crippen LogP contribution in [0.1, 0.15) is 44.6 Å². The number of ketones is 1. The highest BCUT2D eigenvalue weighted by Gasteiger charge is 2.31. The fourth-order valence-electron chi connectivity index (χ4n) is 2.78. The first kappa shape index (κ1) is 13.3. The largest absolute Gasteiger partial charge is 0.313 e. The number of carbonyl (C=O) groups excluding carboxylic acids is 1. The second kappa shape index (κ2) is 6.14. The predicted octanol–water partition coefficient (Wildman–Crippen LogP) is 3.14. The third-order valence-electron chi connectivity index (χ3n) is 3.79. The fourth-order valence-corrected chi connectivity index (χ4v) is 2.78. The molecular weight excluding hydrogens is 222 g/mol. The van der Waals surface area contributed by atoms with Gasteiger partial charge in [-0.3, -0.25) is 4.79 Å². The van der Waals surface area contributed by atoms with E-state index in [-0.39, 0.29) is 11.8 Å². The zero-order valence-electron chi connectivity index (χ0n) is 11.4. The van der Waals surface area contributed by atoms with Crippen LogP contribution in [0, 0.1) is 5.92 Å². The van der Waals surface area contributed by atoms with E-state index in [4.69, 9.17) is 0 Å². The van der Waals surface area contributed by atoms with Crippen molar-refractivity contribution >= 4 is 5.78 Å². The summed E-state index contributed by atoms with van der Waals surface area (Å²) in [6.07, 6.45) is 3.57. The van der Waals surface area contributed by atoms with Gasteiger partial charge < -0.3 is 5.32 Å². The van der Waals surface area contributed by atoms with Gasteiger partial charge in [-0.1, -0.05) is 50.6 Å². The highest BCUT2D eigenvalue weighted by atomic mass is 16.1. The number of piperidine rings is 1. The Labute approximate surface area is 110 Å². The van der Waals surface area contributed by atoms with Crippen molar-refractivity contribution in [3.63, 3.8) is 0 Å². The predicted molar refractivity (Wildman–Crippen MR) is 74.7 cm³/mol. The Bertz CT molecular complexity index is 379. The summed E-state index contributed by atoms with van der Waals surface area (Å²) in [5, 5.41) is 3.53. The van der Waals surface area contributed by atoms with Crippen LogP contribution in [0.4, 0.5) is 0 Å². The first-order valence-electron chi connectivity index (χ1n) is 7.02. The maximum Gasteiger partial charge on any atom is 0.144 e. The highest BCUT2D eigenvalue weighted by Crippen LogP contribution is 2.28. The molecule has 2 heteroatoms. The Morgan fingerprint density at radius 1 is 1.22 bits per heavy atom. The molecule has 2 rings (SSSR count). The van der Waals surface area contributed by atoms with Crippen molar-refractivity contribution in [2.45, 2.75) is 45.1 Å². The van der Waals surface area contributed by atoms with Crippen LogP contribution >= 0.6 is 0 Å². The molecule has 0 aliphatic carbocycles. The first-order valence-corrected chi connectivity index (χ1v) is 7.02. The summed E-state index contributed by atoms with van der Waals surface area (Å²) in [5.74, 6) is 0.478. The smallest absolute Gasteiger partial charge is 0.144 e. The van der Waals surface area contributed by atoms with E-state index in [1.165, 1.54) is 12.8 Å². The average Bonchev–Trinajstić information content (AvgIpc) is 2.41. The molecule has 0 bridgehead atoms. The molecule has 0 amide bonds. The molecule has 1 aliphatic heterocycles. The standard InChI is InChI=1S/C16H23NO/c1-12(2)16(18)15(13-8-4-3-5-9-13)14-10-6-7-11-17-14/h3-5,8-9,12,14-15,17H,6-7,10-11H2,1-2H3. The Kier molecular flexibility index (Phi) is 4.54. The normalized spacial score (nSPS) is 21.8. The molecule has 2 atom stereocenters. The molecule has 1 aliphatic rings. The maximum absolute atomic E-state index is 12.5. The van der Waals surface area contributed by atoms with E-state index in [1.54, 1.807) is 0 Å². The minimum atomic E-state index is 0.0199. The lowest BCUT2D eigenvalue weighted by atomic mass is 9.80. The van der Waals surface area contributed by atoms with Gasteiger partial charge in [-0.15, -0.1) is 0 Å². The van der Waals surface area contributed by atoms with Gasteiger partial charge in [0.1, 0.15) is 5.78 Å². The number of hydrogen-bond donors (Lipinski definition) is 1. The molecule has 18 heavy (non-hydrogen) atoms. The van der Waals surface area contributed by atoms with Crippen LogP contribution in [0.15, 0.2) is 30.3 Å². The van der Waals surface area contributed by atoms with Gasteiger partial charge in [0.05, 0.1) is 5.92 Å².